The van der Waals surface area contributed by atoms with Crippen LogP contribution in [0.3, 0.4) is 0 Å². The van der Waals surface area contributed by atoms with Crippen LogP contribution < -0.4 is 10.1 Å². The van der Waals surface area contributed by atoms with Gasteiger partial charge in [0.15, 0.2) is 0 Å². The lowest BCUT2D eigenvalue weighted by molar-refractivity contribution is -0.121. The van der Waals surface area contributed by atoms with Crippen molar-refractivity contribution < 1.29 is 9.53 Å². The molecule has 0 saturated carbocycles. The fourth-order valence-corrected chi connectivity index (χ4v) is 1.85. The van der Waals surface area contributed by atoms with Crippen molar-refractivity contribution in [3.8, 4) is 5.75 Å². The quantitative estimate of drug-likeness (QED) is 0.887. The summed E-state index contributed by atoms with van der Waals surface area (Å²) >= 11 is 0. The van der Waals surface area contributed by atoms with Crippen LogP contribution in [0.5, 0.6) is 5.75 Å². The lowest BCUT2D eigenvalue weighted by Gasteiger charge is -2.09. The van der Waals surface area contributed by atoms with Crippen LogP contribution in [0.2, 0.25) is 0 Å². The van der Waals surface area contributed by atoms with Gasteiger partial charge in [0.1, 0.15) is 5.75 Å². The van der Waals surface area contributed by atoms with E-state index in [0.717, 1.165) is 11.3 Å². The summed E-state index contributed by atoms with van der Waals surface area (Å²) in [5.41, 5.74) is 3.46. The number of ether oxygens (including phenoxy) is 1. The third-order valence-electron chi connectivity index (χ3n) is 3.32. The minimum atomic E-state index is -0.0179. The Morgan fingerprint density at radius 2 is 1.90 bits per heavy atom. The van der Waals surface area contributed by atoms with E-state index in [1.165, 1.54) is 11.1 Å². The predicted molar refractivity (Wildman–Crippen MR) is 82.1 cm³/mol. The van der Waals surface area contributed by atoms with Crippen molar-refractivity contribution in [1.82, 2.24) is 10.3 Å². The number of benzene rings is 1. The number of nitrogens with zero attached hydrogens (tertiary/aromatic N) is 1. The number of aromatic nitrogens is 1. The number of nitrogens with one attached hydrogen (secondary N) is 1. The van der Waals surface area contributed by atoms with Crippen LogP contribution in [-0.4, -0.2) is 17.5 Å². The number of carbonyl (C=O) groups excluding carboxylic acids is 1. The molecular weight excluding hydrogens is 264 g/mol. The molecule has 2 rings (SSSR count). The number of pyridine rings is 1. The lowest BCUT2D eigenvalue weighted by atomic mass is 10.1. The van der Waals surface area contributed by atoms with Crippen LogP contribution in [-0.2, 0) is 11.3 Å². The van der Waals surface area contributed by atoms with Gasteiger partial charge in [0.25, 0.3) is 0 Å². The van der Waals surface area contributed by atoms with E-state index in [-0.39, 0.29) is 5.91 Å². The average Bonchev–Trinajstić information content (AvgIpc) is 2.50. The van der Waals surface area contributed by atoms with Gasteiger partial charge in [0, 0.05) is 18.9 Å². The van der Waals surface area contributed by atoms with Crippen molar-refractivity contribution in [3.63, 3.8) is 0 Å². The molecule has 110 valence electrons. The molecule has 0 spiro atoms. The third-order valence-corrected chi connectivity index (χ3v) is 3.32. The second-order valence-corrected chi connectivity index (χ2v) is 4.98. The van der Waals surface area contributed by atoms with Gasteiger partial charge in [-0.15, -0.1) is 0 Å². The molecule has 4 nitrogen and oxygen atoms in total. The molecule has 1 aromatic carbocycles. The van der Waals surface area contributed by atoms with Gasteiger partial charge in [-0.1, -0.05) is 6.07 Å². The Bertz CT molecular complexity index is 597. The highest BCUT2D eigenvalue weighted by atomic mass is 16.5. The van der Waals surface area contributed by atoms with Gasteiger partial charge in [-0.2, -0.15) is 0 Å². The molecule has 0 aliphatic rings. The highest BCUT2D eigenvalue weighted by molar-refractivity contribution is 5.75. The molecule has 0 atom stereocenters. The summed E-state index contributed by atoms with van der Waals surface area (Å²) in [6, 6.07) is 9.70. The van der Waals surface area contributed by atoms with Crippen molar-refractivity contribution in [2.24, 2.45) is 0 Å². The first-order valence-corrected chi connectivity index (χ1v) is 7.01. The molecule has 1 aromatic heterocycles. The van der Waals surface area contributed by atoms with Gasteiger partial charge < -0.3 is 10.1 Å². The molecule has 4 heteroatoms. The maximum absolute atomic E-state index is 11.7. The van der Waals surface area contributed by atoms with Crippen LogP contribution in [0, 0.1) is 13.8 Å². The highest BCUT2D eigenvalue weighted by Crippen LogP contribution is 2.16. The van der Waals surface area contributed by atoms with Gasteiger partial charge in [-0.3, -0.25) is 9.78 Å². The Morgan fingerprint density at radius 3 is 2.62 bits per heavy atom. The first-order valence-electron chi connectivity index (χ1n) is 7.01. The zero-order valence-electron chi connectivity index (χ0n) is 12.4. The van der Waals surface area contributed by atoms with Crippen LogP contribution in [0.4, 0.5) is 0 Å². The molecule has 0 aliphatic carbocycles. The molecule has 21 heavy (non-hydrogen) atoms. The van der Waals surface area contributed by atoms with Crippen molar-refractivity contribution in [1.29, 1.82) is 0 Å². The average molecular weight is 284 g/mol. The van der Waals surface area contributed by atoms with Crippen LogP contribution in [0.25, 0.3) is 0 Å². The third kappa shape index (κ3) is 4.91. The summed E-state index contributed by atoms with van der Waals surface area (Å²) in [7, 11) is 0. The van der Waals surface area contributed by atoms with Gasteiger partial charge in [0.2, 0.25) is 5.91 Å². The highest BCUT2D eigenvalue weighted by Gasteiger charge is 2.03. The molecule has 0 saturated heterocycles. The summed E-state index contributed by atoms with van der Waals surface area (Å²) in [6.45, 7) is 5.00. The van der Waals surface area contributed by atoms with E-state index in [2.05, 4.69) is 17.2 Å². The number of carbonyl (C=O) groups is 1. The van der Waals surface area contributed by atoms with Gasteiger partial charge in [-0.05, 0) is 54.8 Å². The smallest absolute Gasteiger partial charge is 0.223 e. The topological polar surface area (TPSA) is 51.2 Å². The van der Waals surface area contributed by atoms with E-state index in [1.54, 1.807) is 12.4 Å². The summed E-state index contributed by atoms with van der Waals surface area (Å²) in [5, 5.41) is 2.86. The predicted octanol–water partition coefficient (Wildman–Crippen LogP) is 2.78. The zero-order chi connectivity index (χ0) is 15.1. The first kappa shape index (κ1) is 15.0. The number of rotatable bonds is 6. The van der Waals surface area contributed by atoms with E-state index in [1.807, 2.05) is 37.3 Å². The zero-order valence-corrected chi connectivity index (χ0v) is 12.4. The number of hydrogen-bond donors (Lipinski definition) is 1. The van der Waals surface area contributed by atoms with Crippen molar-refractivity contribution in [2.75, 3.05) is 6.61 Å². The van der Waals surface area contributed by atoms with Crippen LogP contribution >= 0.6 is 0 Å². The second kappa shape index (κ2) is 7.43. The maximum atomic E-state index is 11.7. The van der Waals surface area contributed by atoms with E-state index >= 15 is 0 Å². The molecule has 1 amide bonds. The maximum Gasteiger partial charge on any atom is 0.223 e. The Hall–Kier alpha value is -2.36. The van der Waals surface area contributed by atoms with E-state index in [9.17, 15) is 4.79 Å². The number of aryl methyl sites for hydroxylation is 2. The molecule has 1 N–H and O–H groups in total. The summed E-state index contributed by atoms with van der Waals surface area (Å²) in [4.78, 5) is 15.7. The molecule has 0 unspecified atom stereocenters. The lowest BCUT2D eigenvalue weighted by Crippen LogP contribution is -2.24. The Balaban J connectivity index is 1.70. The minimum absolute atomic E-state index is 0.0179. The summed E-state index contributed by atoms with van der Waals surface area (Å²) < 4.78 is 5.59. The van der Waals surface area contributed by atoms with Gasteiger partial charge >= 0.3 is 0 Å². The van der Waals surface area contributed by atoms with Crippen LogP contribution in [0.1, 0.15) is 23.1 Å². The Labute approximate surface area is 125 Å². The number of amides is 1. The number of hydrogen-bond acceptors (Lipinski definition) is 3. The Morgan fingerprint density at radius 1 is 1.14 bits per heavy atom. The molecule has 2 aromatic rings. The van der Waals surface area contributed by atoms with Gasteiger partial charge in [-0.25, -0.2) is 0 Å². The van der Waals surface area contributed by atoms with Crippen molar-refractivity contribution >= 4 is 5.91 Å². The normalized spacial score (nSPS) is 10.2. The molecule has 1 heterocycles. The molecule has 0 bridgehead atoms. The SMILES string of the molecule is Cc1ccc(OCCC(=O)NCc2ccncc2)cc1C. The van der Waals surface area contributed by atoms with E-state index < -0.39 is 0 Å². The second-order valence-electron chi connectivity index (χ2n) is 4.98. The van der Waals surface area contributed by atoms with E-state index in [4.69, 9.17) is 4.74 Å². The van der Waals surface area contributed by atoms with Gasteiger partial charge in [0.05, 0.1) is 13.0 Å². The molecule has 0 fully saturated rings. The standard InChI is InChI=1S/C17H20N2O2/c1-13-3-4-16(11-14(13)2)21-10-7-17(20)19-12-15-5-8-18-9-6-15/h3-6,8-9,11H,7,10,12H2,1-2H3,(H,19,20). The fourth-order valence-electron chi connectivity index (χ4n) is 1.85. The molecule has 0 aliphatic heterocycles. The summed E-state index contributed by atoms with van der Waals surface area (Å²) in [6.07, 6.45) is 3.77. The minimum Gasteiger partial charge on any atom is -0.493 e. The fraction of sp³-hybridized carbons (Fsp3) is 0.294. The van der Waals surface area contributed by atoms with Crippen LogP contribution in [0.15, 0.2) is 42.7 Å². The summed E-state index contributed by atoms with van der Waals surface area (Å²) in [5.74, 6) is 0.788. The van der Waals surface area contributed by atoms with Crippen molar-refractivity contribution in [2.45, 2.75) is 26.8 Å². The molecular formula is C17H20N2O2. The Kier molecular flexibility index (Phi) is 5.32. The largest absolute Gasteiger partial charge is 0.493 e. The molecule has 0 radical (unpaired) electrons. The van der Waals surface area contributed by atoms with Crippen molar-refractivity contribution in [3.05, 3.63) is 59.4 Å². The van der Waals surface area contributed by atoms with E-state index in [0.29, 0.717) is 19.6 Å². The monoisotopic (exact) mass is 284 g/mol. The first-order chi connectivity index (χ1) is 10.1.